The largest absolute Gasteiger partial charge is 0.311 e. The van der Waals surface area contributed by atoms with Crippen LogP contribution in [0.3, 0.4) is 0 Å². The number of thiophene rings is 1. The van der Waals surface area contributed by atoms with E-state index in [1.807, 2.05) is 26.8 Å². The summed E-state index contributed by atoms with van der Waals surface area (Å²) in [5.74, 6) is 0.364. The first-order valence-corrected chi connectivity index (χ1v) is 11.4. The highest BCUT2D eigenvalue weighted by atomic mass is 35.5. The van der Waals surface area contributed by atoms with Crippen molar-refractivity contribution in [3.05, 3.63) is 28.2 Å². The summed E-state index contributed by atoms with van der Waals surface area (Å²) in [6.07, 6.45) is 0.970. The molecule has 0 saturated carbocycles. The molecule has 0 radical (unpaired) electrons. The molecule has 1 aliphatic rings. The molecule has 0 aliphatic carbocycles. The second kappa shape index (κ2) is 7.90. The molecule has 2 aromatic rings. The number of hydrogen-bond acceptors (Lipinski definition) is 5. The number of amides is 1. The first kappa shape index (κ1) is 20.3. The van der Waals surface area contributed by atoms with Gasteiger partial charge in [0.05, 0.1) is 10.0 Å². The number of carbonyl (C=O) groups is 1. The highest BCUT2D eigenvalue weighted by Crippen LogP contribution is 2.31. The van der Waals surface area contributed by atoms with Gasteiger partial charge >= 0.3 is 0 Å². The van der Waals surface area contributed by atoms with E-state index in [1.165, 1.54) is 10.4 Å². The molecule has 0 spiro atoms. The van der Waals surface area contributed by atoms with Gasteiger partial charge in [0.1, 0.15) is 10.0 Å². The van der Waals surface area contributed by atoms with Crippen molar-refractivity contribution in [2.45, 2.75) is 43.9 Å². The van der Waals surface area contributed by atoms with Crippen LogP contribution in [-0.2, 0) is 14.8 Å². The third-order valence-corrected chi connectivity index (χ3v) is 8.16. The second-order valence-corrected chi connectivity index (χ2v) is 10.8. The fourth-order valence-corrected chi connectivity index (χ4v) is 6.26. The van der Waals surface area contributed by atoms with Gasteiger partial charge in [0.2, 0.25) is 5.91 Å². The Kier molecular flexibility index (Phi) is 5.95. The Bertz CT molecular complexity index is 928. The van der Waals surface area contributed by atoms with Crippen molar-refractivity contribution in [2.24, 2.45) is 5.92 Å². The molecule has 0 aromatic carbocycles. The third kappa shape index (κ3) is 4.37. The Hall–Kier alpha value is -1.42. The number of hydrogen-bond donors (Lipinski definition) is 1. The maximum absolute atomic E-state index is 12.7. The van der Waals surface area contributed by atoms with E-state index in [0.29, 0.717) is 36.1 Å². The molecule has 7 nitrogen and oxygen atoms in total. The van der Waals surface area contributed by atoms with Crippen molar-refractivity contribution >= 4 is 44.7 Å². The summed E-state index contributed by atoms with van der Waals surface area (Å²) < 4.78 is 29.2. The Morgan fingerprint density at radius 1 is 1.33 bits per heavy atom. The van der Waals surface area contributed by atoms with Gasteiger partial charge in [0.25, 0.3) is 10.0 Å². The van der Waals surface area contributed by atoms with Crippen molar-refractivity contribution in [2.75, 3.05) is 18.4 Å². The third-order valence-electron chi connectivity index (χ3n) is 4.57. The standard InChI is InChI=1S/C17H23ClN4O3S2/c1-11(2)22-15(10-12(3)20-22)19-17(23)13-6-8-21(9-7-13)27(24,25)16-5-4-14(18)26-16/h4-5,10-11,13H,6-9H2,1-3H3,(H,19,23). The Labute approximate surface area is 168 Å². The van der Waals surface area contributed by atoms with E-state index in [0.717, 1.165) is 17.0 Å². The van der Waals surface area contributed by atoms with Gasteiger partial charge in [-0.3, -0.25) is 4.79 Å². The van der Waals surface area contributed by atoms with Crippen molar-refractivity contribution in [3.8, 4) is 0 Å². The molecule has 1 aliphatic heterocycles. The van der Waals surface area contributed by atoms with Crippen LogP contribution in [0.15, 0.2) is 22.4 Å². The summed E-state index contributed by atoms with van der Waals surface area (Å²) in [4.78, 5) is 12.6. The molecular weight excluding hydrogens is 408 g/mol. The van der Waals surface area contributed by atoms with E-state index in [1.54, 1.807) is 10.7 Å². The van der Waals surface area contributed by atoms with E-state index in [2.05, 4.69) is 10.4 Å². The van der Waals surface area contributed by atoms with E-state index < -0.39 is 10.0 Å². The summed E-state index contributed by atoms with van der Waals surface area (Å²) >= 11 is 6.91. The molecular formula is C17H23ClN4O3S2. The number of nitrogens with zero attached hydrogens (tertiary/aromatic N) is 3. The lowest BCUT2D eigenvalue weighted by Gasteiger charge is -2.30. The van der Waals surface area contributed by atoms with E-state index in [4.69, 9.17) is 11.6 Å². The topological polar surface area (TPSA) is 84.3 Å². The number of piperidine rings is 1. The summed E-state index contributed by atoms with van der Waals surface area (Å²) in [7, 11) is -3.54. The Morgan fingerprint density at radius 3 is 2.56 bits per heavy atom. The van der Waals surface area contributed by atoms with Gasteiger partial charge in [0, 0.05) is 31.1 Å². The normalized spacial score (nSPS) is 16.8. The van der Waals surface area contributed by atoms with Gasteiger partial charge < -0.3 is 5.32 Å². The van der Waals surface area contributed by atoms with Crippen molar-refractivity contribution in [1.29, 1.82) is 0 Å². The van der Waals surface area contributed by atoms with Crippen LogP contribution in [0.25, 0.3) is 0 Å². The van der Waals surface area contributed by atoms with Crippen molar-refractivity contribution in [3.63, 3.8) is 0 Å². The van der Waals surface area contributed by atoms with Gasteiger partial charge in [-0.25, -0.2) is 13.1 Å². The highest BCUT2D eigenvalue weighted by molar-refractivity contribution is 7.91. The Morgan fingerprint density at radius 2 is 2.00 bits per heavy atom. The molecule has 27 heavy (non-hydrogen) atoms. The first-order chi connectivity index (χ1) is 12.7. The maximum atomic E-state index is 12.7. The lowest BCUT2D eigenvalue weighted by molar-refractivity contribution is -0.121. The van der Waals surface area contributed by atoms with Crippen LogP contribution in [-0.4, -0.2) is 41.5 Å². The second-order valence-electron chi connectivity index (χ2n) is 6.94. The average molecular weight is 431 g/mol. The minimum Gasteiger partial charge on any atom is -0.311 e. The monoisotopic (exact) mass is 430 g/mol. The lowest BCUT2D eigenvalue weighted by atomic mass is 9.97. The van der Waals surface area contributed by atoms with E-state index in [-0.39, 0.29) is 22.1 Å². The first-order valence-electron chi connectivity index (χ1n) is 8.81. The van der Waals surface area contributed by atoms with Gasteiger partial charge in [-0.05, 0) is 45.7 Å². The molecule has 2 aromatic heterocycles. The number of carbonyl (C=O) groups excluding carboxylic acids is 1. The van der Waals surface area contributed by atoms with Gasteiger partial charge in [-0.2, -0.15) is 9.40 Å². The molecule has 148 valence electrons. The molecule has 0 bridgehead atoms. The molecule has 1 saturated heterocycles. The van der Waals surface area contributed by atoms with Gasteiger partial charge in [0.15, 0.2) is 0 Å². The fourth-order valence-electron chi connectivity index (χ4n) is 3.15. The minimum absolute atomic E-state index is 0.0898. The number of anilines is 1. The van der Waals surface area contributed by atoms with Gasteiger partial charge in [-0.1, -0.05) is 11.6 Å². The highest BCUT2D eigenvalue weighted by Gasteiger charge is 2.33. The summed E-state index contributed by atoms with van der Waals surface area (Å²) in [6.45, 7) is 6.52. The van der Waals surface area contributed by atoms with E-state index >= 15 is 0 Å². The van der Waals surface area contributed by atoms with Crippen molar-refractivity contribution < 1.29 is 13.2 Å². The number of rotatable bonds is 5. The zero-order valence-electron chi connectivity index (χ0n) is 15.5. The number of aryl methyl sites for hydroxylation is 1. The number of halogens is 1. The lowest BCUT2D eigenvalue weighted by Crippen LogP contribution is -2.41. The van der Waals surface area contributed by atoms with Crippen LogP contribution in [0, 0.1) is 12.8 Å². The Balaban J connectivity index is 1.63. The number of aromatic nitrogens is 2. The molecule has 3 heterocycles. The molecule has 1 N–H and O–H groups in total. The van der Waals surface area contributed by atoms with Crippen LogP contribution >= 0.6 is 22.9 Å². The molecule has 1 fully saturated rings. The van der Waals surface area contributed by atoms with Crippen LogP contribution in [0.1, 0.15) is 38.4 Å². The van der Waals surface area contributed by atoms with E-state index in [9.17, 15) is 13.2 Å². The number of sulfonamides is 1. The molecule has 10 heteroatoms. The van der Waals surface area contributed by atoms with Crippen LogP contribution in [0.4, 0.5) is 5.82 Å². The smallest absolute Gasteiger partial charge is 0.252 e. The molecule has 0 unspecified atom stereocenters. The summed E-state index contributed by atoms with van der Waals surface area (Å²) in [5.41, 5.74) is 0.842. The van der Waals surface area contributed by atoms with Crippen molar-refractivity contribution in [1.82, 2.24) is 14.1 Å². The maximum Gasteiger partial charge on any atom is 0.252 e. The van der Waals surface area contributed by atoms with Crippen LogP contribution < -0.4 is 5.32 Å². The molecule has 0 atom stereocenters. The molecule has 3 rings (SSSR count). The van der Waals surface area contributed by atoms with Gasteiger partial charge in [-0.15, -0.1) is 11.3 Å². The van der Waals surface area contributed by atoms with Crippen LogP contribution in [0.2, 0.25) is 4.34 Å². The SMILES string of the molecule is Cc1cc(NC(=O)C2CCN(S(=O)(=O)c3ccc(Cl)s3)CC2)n(C(C)C)n1. The summed E-state index contributed by atoms with van der Waals surface area (Å²) in [5, 5.41) is 7.34. The zero-order chi connectivity index (χ0) is 19.8. The van der Waals surface area contributed by atoms with Crippen LogP contribution in [0.5, 0.6) is 0 Å². The minimum atomic E-state index is -3.54. The summed E-state index contributed by atoms with van der Waals surface area (Å²) in [6, 6.07) is 5.09. The average Bonchev–Trinajstić information content (AvgIpc) is 3.21. The quantitative estimate of drug-likeness (QED) is 0.786. The number of nitrogens with one attached hydrogen (secondary N) is 1. The fraction of sp³-hybridized carbons (Fsp3) is 0.529. The predicted molar refractivity (Wildman–Crippen MR) is 107 cm³/mol. The zero-order valence-corrected chi connectivity index (χ0v) is 17.9. The predicted octanol–water partition coefficient (Wildman–Crippen LogP) is 3.53. The molecule has 1 amide bonds.